The van der Waals surface area contributed by atoms with Gasteiger partial charge in [0.2, 0.25) is 11.8 Å². The molecule has 0 saturated carbocycles. The molecule has 0 radical (unpaired) electrons. The lowest BCUT2D eigenvalue weighted by Gasteiger charge is -2.22. The van der Waals surface area contributed by atoms with Gasteiger partial charge in [-0.25, -0.2) is 0 Å². The van der Waals surface area contributed by atoms with Gasteiger partial charge in [-0.1, -0.05) is 43.3 Å². The van der Waals surface area contributed by atoms with E-state index in [1.807, 2.05) is 68.4 Å². The maximum absolute atomic E-state index is 12.4. The molecule has 138 valence electrons. The van der Waals surface area contributed by atoms with E-state index in [1.165, 1.54) is 0 Å². The molecule has 2 rings (SSSR count). The number of benzene rings is 2. The Labute approximate surface area is 155 Å². The first-order chi connectivity index (χ1) is 12.6. The molecule has 0 spiro atoms. The molecule has 0 aliphatic rings. The molecule has 0 aliphatic carbocycles. The molecular formula is C21H26N2O3. The minimum atomic E-state index is -0.190. The van der Waals surface area contributed by atoms with Crippen LogP contribution in [-0.4, -0.2) is 36.4 Å². The van der Waals surface area contributed by atoms with Crippen LogP contribution in [-0.2, 0) is 9.59 Å². The van der Waals surface area contributed by atoms with E-state index >= 15 is 0 Å². The molecule has 0 unspecified atom stereocenters. The fraction of sp³-hybridized carbons (Fsp3) is 0.333. The Kier molecular flexibility index (Phi) is 7.68. The fourth-order valence-electron chi connectivity index (χ4n) is 2.57. The minimum Gasteiger partial charge on any atom is -0.493 e. The van der Waals surface area contributed by atoms with Gasteiger partial charge in [0.15, 0.2) is 0 Å². The van der Waals surface area contributed by atoms with E-state index in [2.05, 4.69) is 5.32 Å². The fourth-order valence-corrected chi connectivity index (χ4v) is 2.57. The summed E-state index contributed by atoms with van der Waals surface area (Å²) >= 11 is 0. The summed E-state index contributed by atoms with van der Waals surface area (Å²) in [6, 6.07) is 17.0. The highest BCUT2D eigenvalue weighted by Crippen LogP contribution is 2.13. The average molecular weight is 354 g/mol. The topological polar surface area (TPSA) is 58.6 Å². The Morgan fingerprint density at radius 3 is 2.42 bits per heavy atom. The number of carbonyl (C=O) groups is 2. The summed E-state index contributed by atoms with van der Waals surface area (Å²) in [6.45, 7) is 4.81. The molecule has 0 heterocycles. The molecule has 2 aromatic carbocycles. The number of hydrogen-bond donors (Lipinski definition) is 1. The minimum absolute atomic E-state index is 0.0480. The molecular weight excluding hydrogens is 328 g/mol. The number of nitrogens with zero attached hydrogens (tertiary/aromatic N) is 1. The van der Waals surface area contributed by atoms with E-state index in [0.717, 1.165) is 23.4 Å². The second-order valence-electron chi connectivity index (χ2n) is 6.09. The summed E-state index contributed by atoms with van der Waals surface area (Å²) in [4.78, 5) is 26.3. The van der Waals surface area contributed by atoms with Crippen molar-refractivity contribution in [3.05, 3.63) is 60.2 Å². The predicted octanol–water partition coefficient (Wildman–Crippen LogP) is 3.64. The van der Waals surface area contributed by atoms with E-state index in [0.29, 0.717) is 13.2 Å². The molecule has 0 fully saturated rings. The number of aryl methyl sites for hydroxylation is 1. The van der Waals surface area contributed by atoms with E-state index in [4.69, 9.17) is 4.74 Å². The normalized spacial score (nSPS) is 10.2. The average Bonchev–Trinajstić information content (AvgIpc) is 2.64. The van der Waals surface area contributed by atoms with Crippen LogP contribution in [0.4, 0.5) is 5.69 Å². The second kappa shape index (κ2) is 10.2. The number of carbonyl (C=O) groups excluding carboxylic acids is 2. The number of amides is 2. The van der Waals surface area contributed by atoms with Crippen LogP contribution in [0.2, 0.25) is 0 Å². The maximum Gasteiger partial charge on any atom is 0.244 e. The van der Waals surface area contributed by atoms with Crippen molar-refractivity contribution in [1.82, 2.24) is 4.90 Å². The molecule has 1 N–H and O–H groups in total. The predicted molar refractivity (Wildman–Crippen MR) is 103 cm³/mol. The Balaban J connectivity index is 1.85. The van der Waals surface area contributed by atoms with Crippen LogP contribution in [0, 0.1) is 6.92 Å². The van der Waals surface area contributed by atoms with Crippen LogP contribution in [0.1, 0.15) is 25.3 Å². The van der Waals surface area contributed by atoms with Crippen molar-refractivity contribution < 1.29 is 14.3 Å². The quantitative estimate of drug-likeness (QED) is 0.748. The number of hydrogen-bond acceptors (Lipinski definition) is 3. The van der Waals surface area contributed by atoms with Crippen molar-refractivity contribution in [2.45, 2.75) is 26.7 Å². The van der Waals surface area contributed by atoms with Crippen molar-refractivity contribution in [3.8, 4) is 5.75 Å². The zero-order valence-electron chi connectivity index (χ0n) is 15.4. The van der Waals surface area contributed by atoms with Gasteiger partial charge in [-0.3, -0.25) is 9.59 Å². The second-order valence-corrected chi connectivity index (χ2v) is 6.09. The lowest BCUT2D eigenvalue weighted by atomic mass is 10.2. The van der Waals surface area contributed by atoms with Gasteiger partial charge in [0, 0.05) is 12.2 Å². The molecule has 2 amide bonds. The van der Waals surface area contributed by atoms with Gasteiger partial charge in [-0.05, 0) is 37.1 Å². The summed E-state index contributed by atoms with van der Waals surface area (Å²) in [7, 11) is 0. The van der Waals surface area contributed by atoms with Gasteiger partial charge < -0.3 is 15.0 Å². The summed E-state index contributed by atoms with van der Waals surface area (Å²) in [5.41, 5.74) is 1.76. The first kappa shape index (κ1) is 19.5. The first-order valence-corrected chi connectivity index (χ1v) is 8.91. The van der Waals surface area contributed by atoms with E-state index in [1.54, 1.807) is 4.90 Å². The molecule has 5 heteroatoms. The van der Waals surface area contributed by atoms with Crippen molar-refractivity contribution in [2.24, 2.45) is 0 Å². The van der Waals surface area contributed by atoms with Gasteiger partial charge in [0.1, 0.15) is 5.75 Å². The van der Waals surface area contributed by atoms with E-state index < -0.39 is 0 Å². The Morgan fingerprint density at radius 2 is 1.73 bits per heavy atom. The number of nitrogens with one attached hydrogen (secondary N) is 1. The van der Waals surface area contributed by atoms with Gasteiger partial charge in [-0.15, -0.1) is 0 Å². The van der Waals surface area contributed by atoms with E-state index in [9.17, 15) is 9.59 Å². The molecule has 0 aliphatic heterocycles. The number of ether oxygens (including phenoxy) is 1. The lowest BCUT2D eigenvalue weighted by molar-refractivity contribution is -0.135. The van der Waals surface area contributed by atoms with Crippen molar-refractivity contribution >= 4 is 17.5 Å². The van der Waals surface area contributed by atoms with Crippen LogP contribution in [0.25, 0.3) is 0 Å². The van der Waals surface area contributed by atoms with Crippen molar-refractivity contribution in [2.75, 3.05) is 25.0 Å². The van der Waals surface area contributed by atoms with Crippen molar-refractivity contribution in [3.63, 3.8) is 0 Å². The molecule has 0 bridgehead atoms. The maximum atomic E-state index is 12.4. The first-order valence-electron chi connectivity index (χ1n) is 8.91. The monoisotopic (exact) mass is 354 g/mol. The van der Waals surface area contributed by atoms with Gasteiger partial charge in [0.25, 0.3) is 0 Å². The number of para-hydroxylation sites is 2. The molecule has 0 saturated heterocycles. The highest BCUT2D eigenvalue weighted by Gasteiger charge is 2.17. The highest BCUT2D eigenvalue weighted by molar-refractivity contribution is 5.95. The summed E-state index contributed by atoms with van der Waals surface area (Å²) in [6.07, 6.45) is 1.04. The van der Waals surface area contributed by atoms with Gasteiger partial charge >= 0.3 is 0 Å². The molecule has 0 aromatic heterocycles. The zero-order chi connectivity index (χ0) is 18.8. The lowest BCUT2D eigenvalue weighted by Crippen LogP contribution is -2.39. The smallest absolute Gasteiger partial charge is 0.244 e. The highest BCUT2D eigenvalue weighted by atomic mass is 16.5. The number of rotatable bonds is 9. The molecule has 26 heavy (non-hydrogen) atoms. The Bertz CT molecular complexity index is 716. The number of anilines is 1. The third-order valence-electron chi connectivity index (χ3n) is 3.93. The van der Waals surface area contributed by atoms with Gasteiger partial charge in [0.05, 0.1) is 19.6 Å². The third kappa shape index (κ3) is 6.24. The van der Waals surface area contributed by atoms with Crippen LogP contribution >= 0.6 is 0 Å². The van der Waals surface area contributed by atoms with Crippen LogP contribution < -0.4 is 10.1 Å². The zero-order valence-corrected chi connectivity index (χ0v) is 15.4. The Hall–Kier alpha value is -2.82. The SMILES string of the molecule is CCCN(CC(=O)Nc1ccccc1C)C(=O)CCOc1ccccc1. The standard InChI is InChI=1S/C21H26N2O3/c1-3-14-23(16-20(24)22-19-12-8-7-9-17(19)2)21(25)13-15-26-18-10-5-4-6-11-18/h4-12H,3,13-16H2,1-2H3,(H,22,24). The molecule has 0 atom stereocenters. The third-order valence-corrected chi connectivity index (χ3v) is 3.93. The summed E-state index contributed by atoms with van der Waals surface area (Å²) in [5.74, 6) is 0.465. The van der Waals surface area contributed by atoms with Gasteiger partial charge in [-0.2, -0.15) is 0 Å². The summed E-state index contributed by atoms with van der Waals surface area (Å²) in [5, 5.41) is 2.87. The molecule has 2 aromatic rings. The van der Waals surface area contributed by atoms with E-state index in [-0.39, 0.29) is 24.8 Å². The van der Waals surface area contributed by atoms with Crippen LogP contribution in [0.5, 0.6) is 5.75 Å². The van der Waals surface area contributed by atoms with Crippen molar-refractivity contribution in [1.29, 1.82) is 0 Å². The largest absolute Gasteiger partial charge is 0.493 e. The van der Waals surface area contributed by atoms with Crippen LogP contribution in [0.3, 0.4) is 0 Å². The summed E-state index contributed by atoms with van der Waals surface area (Å²) < 4.78 is 5.57. The molecule has 5 nitrogen and oxygen atoms in total. The Morgan fingerprint density at radius 1 is 1.04 bits per heavy atom. The van der Waals surface area contributed by atoms with Crippen LogP contribution in [0.15, 0.2) is 54.6 Å².